The maximum atomic E-state index is 12.7. The number of nitrogens with one attached hydrogen (secondary N) is 2. The molecule has 3 rings (SSSR count). The molecule has 1 aromatic rings. The molecular formula is C17H24N4O2. The summed E-state index contributed by atoms with van der Waals surface area (Å²) >= 11 is 0. The quantitative estimate of drug-likeness (QED) is 0.893. The van der Waals surface area contributed by atoms with Crippen LogP contribution in [-0.4, -0.2) is 34.4 Å². The summed E-state index contributed by atoms with van der Waals surface area (Å²) in [6.45, 7) is 6.07. The molecule has 23 heavy (non-hydrogen) atoms. The van der Waals surface area contributed by atoms with Crippen LogP contribution < -0.4 is 10.1 Å². The molecule has 0 radical (unpaired) electrons. The van der Waals surface area contributed by atoms with Crippen molar-refractivity contribution in [2.24, 2.45) is 11.8 Å². The van der Waals surface area contributed by atoms with Crippen LogP contribution in [0.3, 0.4) is 0 Å². The van der Waals surface area contributed by atoms with Crippen LogP contribution in [0.5, 0.6) is 5.88 Å². The van der Waals surface area contributed by atoms with Crippen LogP contribution in [0.25, 0.3) is 0 Å². The van der Waals surface area contributed by atoms with Crippen molar-refractivity contribution in [1.82, 2.24) is 15.2 Å². The Kier molecular flexibility index (Phi) is 3.78. The van der Waals surface area contributed by atoms with E-state index in [-0.39, 0.29) is 23.4 Å². The number of pyridine rings is 1. The average molecular weight is 316 g/mol. The first-order chi connectivity index (χ1) is 10.8. The molecule has 6 nitrogen and oxygen atoms in total. The zero-order valence-electron chi connectivity index (χ0n) is 14.1. The number of aromatic nitrogens is 1. The second-order valence-corrected chi connectivity index (χ2v) is 7.25. The van der Waals surface area contributed by atoms with Gasteiger partial charge in [-0.05, 0) is 37.7 Å². The Hall–Kier alpha value is -2.11. The summed E-state index contributed by atoms with van der Waals surface area (Å²) < 4.78 is 5.11. The number of hydrogen-bond donors (Lipinski definition) is 2. The van der Waals surface area contributed by atoms with E-state index in [9.17, 15) is 4.79 Å². The van der Waals surface area contributed by atoms with E-state index in [1.807, 2.05) is 26.0 Å². The first-order valence-electron chi connectivity index (χ1n) is 8.01. The number of hydrogen-bond acceptors (Lipinski definition) is 4. The lowest BCUT2D eigenvalue weighted by molar-refractivity contribution is -0.132. The molecule has 2 fully saturated rings. The van der Waals surface area contributed by atoms with Crippen LogP contribution in [0.4, 0.5) is 0 Å². The molecular weight excluding hydrogens is 292 g/mol. The van der Waals surface area contributed by atoms with Gasteiger partial charge in [-0.25, -0.2) is 4.98 Å². The Balaban J connectivity index is 1.93. The number of carbonyl (C=O) groups is 1. The fourth-order valence-electron chi connectivity index (χ4n) is 3.37. The molecule has 1 saturated heterocycles. The van der Waals surface area contributed by atoms with Crippen molar-refractivity contribution in [1.29, 1.82) is 5.41 Å². The average Bonchev–Trinajstić information content (AvgIpc) is 3.18. The van der Waals surface area contributed by atoms with E-state index in [4.69, 9.17) is 10.1 Å². The van der Waals surface area contributed by atoms with E-state index in [1.165, 1.54) is 0 Å². The highest BCUT2D eigenvalue weighted by molar-refractivity contribution is 5.99. The molecule has 0 aromatic carbocycles. The SMILES string of the molecule is COc1ccc(C([C@@H]2C[C@H]2C)N2C(=N)NC(C)(C)CC2=O)cn1. The van der Waals surface area contributed by atoms with Crippen molar-refractivity contribution in [2.75, 3.05) is 7.11 Å². The lowest BCUT2D eigenvalue weighted by Gasteiger charge is -2.42. The van der Waals surface area contributed by atoms with Crippen molar-refractivity contribution in [3.8, 4) is 5.88 Å². The minimum atomic E-state index is -0.372. The summed E-state index contributed by atoms with van der Waals surface area (Å²) in [7, 11) is 1.58. The molecule has 2 N–H and O–H groups in total. The van der Waals surface area contributed by atoms with Crippen LogP contribution in [-0.2, 0) is 4.79 Å². The first-order valence-corrected chi connectivity index (χ1v) is 8.01. The van der Waals surface area contributed by atoms with Gasteiger partial charge in [-0.15, -0.1) is 0 Å². The minimum Gasteiger partial charge on any atom is -0.481 e. The van der Waals surface area contributed by atoms with Gasteiger partial charge in [0, 0.05) is 24.2 Å². The molecule has 0 bridgehead atoms. The summed E-state index contributed by atoms with van der Waals surface area (Å²) in [5, 5.41) is 11.5. The van der Waals surface area contributed by atoms with Gasteiger partial charge < -0.3 is 10.1 Å². The molecule has 1 aromatic heterocycles. The van der Waals surface area contributed by atoms with E-state index in [0.29, 0.717) is 24.1 Å². The van der Waals surface area contributed by atoms with Crippen molar-refractivity contribution < 1.29 is 9.53 Å². The van der Waals surface area contributed by atoms with Crippen LogP contribution >= 0.6 is 0 Å². The maximum Gasteiger partial charge on any atom is 0.232 e. The number of guanidine groups is 1. The third kappa shape index (κ3) is 3.02. The van der Waals surface area contributed by atoms with E-state index < -0.39 is 0 Å². The Morgan fingerprint density at radius 1 is 1.48 bits per heavy atom. The van der Waals surface area contributed by atoms with Gasteiger partial charge in [0.25, 0.3) is 0 Å². The molecule has 1 aliphatic heterocycles. The summed E-state index contributed by atoms with van der Waals surface area (Å²) in [4.78, 5) is 18.6. The van der Waals surface area contributed by atoms with Gasteiger partial charge in [-0.1, -0.05) is 13.0 Å². The van der Waals surface area contributed by atoms with Crippen molar-refractivity contribution in [3.05, 3.63) is 23.9 Å². The molecule has 6 heteroatoms. The largest absolute Gasteiger partial charge is 0.481 e. The Morgan fingerprint density at radius 2 is 2.17 bits per heavy atom. The highest BCUT2D eigenvalue weighted by Gasteiger charge is 2.48. The highest BCUT2D eigenvalue weighted by Crippen LogP contribution is 2.50. The summed E-state index contributed by atoms with van der Waals surface area (Å²) in [6, 6.07) is 3.62. The summed E-state index contributed by atoms with van der Waals surface area (Å²) in [5.74, 6) is 1.66. The fourth-order valence-corrected chi connectivity index (χ4v) is 3.37. The Morgan fingerprint density at radius 3 is 2.65 bits per heavy atom. The summed E-state index contributed by atoms with van der Waals surface area (Å²) in [6.07, 6.45) is 3.21. The molecule has 1 amide bonds. The second kappa shape index (κ2) is 5.51. The van der Waals surface area contributed by atoms with Crippen LogP contribution in [0.2, 0.25) is 0 Å². The molecule has 0 spiro atoms. The Labute approximate surface area is 136 Å². The predicted octanol–water partition coefficient (Wildman–Crippen LogP) is 2.32. The monoisotopic (exact) mass is 316 g/mol. The lowest BCUT2D eigenvalue weighted by atomic mass is 9.94. The van der Waals surface area contributed by atoms with Gasteiger partial charge in [-0.2, -0.15) is 0 Å². The molecule has 2 heterocycles. The molecule has 124 valence electrons. The van der Waals surface area contributed by atoms with E-state index in [1.54, 1.807) is 18.2 Å². The van der Waals surface area contributed by atoms with Crippen molar-refractivity contribution in [3.63, 3.8) is 0 Å². The molecule has 1 saturated carbocycles. The lowest BCUT2D eigenvalue weighted by Crippen LogP contribution is -2.60. The van der Waals surface area contributed by atoms with E-state index in [0.717, 1.165) is 12.0 Å². The minimum absolute atomic E-state index is 0.00123. The van der Waals surface area contributed by atoms with Gasteiger partial charge in [0.05, 0.1) is 13.2 Å². The highest BCUT2D eigenvalue weighted by atomic mass is 16.5. The zero-order valence-corrected chi connectivity index (χ0v) is 14.1. The zero-order chi connectivity index (χ0) is 16.8. The predicted molar refractivity (Wildman–Crippen MR) is 87.2 cm³/mol. The normalized spacial score (nSPS) is 27.4. The summed E-state index contributed by atoms with van der Waals surface area (Å²) in [5.41, 5.74) is 0.586. The smallest absolute Gasteiger partial charge is 0.232 e. The van der Waals surface area contributed by atoms with Gasteiger partial charge >= 0.3 is 0 Å². The van der Waals surface area contributed by atoms with Gasteiger partial charge in [0.2, 0.25) is 11.8 Å². The second-order valence-electron chi connectivity index (χ2n) is 7.25. The Bertz CT molecular complexity index is 606. The molecule has 3 atom stereocenters. The fraction of sp³-hybridized carbons (Fsp3) is 0.588. The molecule has 1 unspecified atom stereocenters. The number of nitrogens with zero attached hydrogens (tertiary/aromatic N) is 2. The maximum absolute atomic E-state index is 12.7. The van der Waals surface area contributed by atoms with E-state index >= 15 is 0 Å². The number of ether oxygens (including phenoxy) is 1. The number of amides is 1. The van der Waals surface area contributed by atoms with Crippen LogP contribution in [0, 0.1) is 17.2 Å². The first kappa shape index (κ1) is 15.8. The number of methoxy groups -OCH3 is 1. The number of carbonyl (C=O) groups excluding carboxylic acids is 1. The topological polar surface area (TPSA) is 78.3 Å². The van der Waals surface area contributed by atoms with Gasteiger partial charge in [0.1, 0.15) is 0 Å². The van der Waals surface area contributed by atoms with Crippen LogP contribution in [0.15, 0.2) is 18.3 Å². The van der Waals surface area contributed by atoms with E-state index in [2.05, 4.69) is 17.2 Å². The van der Waals surface area contributed by atoms with Crippen molar-refractivity contribution in [2.45, 2.75) is 45.2 Å². The van der Waals surface area contributed by atoms with Gasteiger partial charge in [-0.3, -0.25) is 15.1 Å². The standard InChI is InChI=1S/C17H24N4O2/c1-10-7-12(10)15(11-5-6-13(23-4)19-9-11)21-14(22)8-17(2,3)20-16(21)18/h5-6,9-10,12,15H,7-8H2,1-4H3,(H2,18,20)/t10-,12-,15?/m1/s1. The van der Waals surface area contributed by atoms with Crippen molar-refractivity contribution >= 4 is 11.9 Å². The van der Waals surface area contributed by atoms with Gasteiger partial charge in [0.15, 0.2) is 5.96 Å². The number of rotatable bonds is 4. The third-order valence-corrected chi connectivity index (χ3v) is 4.72. The third-order valence-electron chi connectivity index (χ3n) is 4.72. The molecule has 2 aliphatic rings. The van der Waals surface area contributed by atoms with Crippen LogP contribution in [0.1, 0.15) is 45.2 Å². The molecule has 1 aliphatic carbocycles.